The van der Waals surface area contributed by atoms with Crippen LogP contribution in [-0.4, -0.2) is 34.6 Å². The Labute approximate surface area is 120 Å². The van der Waals surface area contributed by atoms with E-state index in [1.165, 1.54) is 11.3 Å². The molecule has 7 heteroatoms. The van der Waals surface area contributed by atoms with Gasteiger partial charge in [-0.25, -0.2) is 4.98 Å². The number of rotatable bonds is 6. The third-order valence-electron chi connectivity index (χ3n) is 2.85. The first kappa shape index (κ1) is 14.4. The van der Waals surface area contributed by atoms with E-state index in [-0.39, 0.29) is 0 Å². The second-order valence-corrected chi connectivity index (χ2v) is 5.20. The lowest BCUT2D eigenvalue weighted by atomic mass is 10.2. The van der Waals surface area contributed by atoms with E-state index in [9.17, 15) is 4.79 Å². The van der Waals surface area contributed by atoms with Crippen LogP contribution in [0.1, 0.15) is 17.4 Å². The normalized spacial score (nSPS) is 12.1. The van der Waals surface area contributed by atoms with Crippen molar-refractivity contribution in [2.75, 3.05) is 18.5 Å². The Morgan fingerprint density at radius 3 is 3.00 bits per heavy atom. The van der Waals surface area contributed by atoms with E-state index in [2.05, 4.69) is 9.97 Å². The van der Waals surface area contributed by atoms with Gasteiger partial charge in [0, 0.05) is 37.3 Å². The van der Waals surface area contributed by atoms with Gasteiger partial charge in [-0.15, -0.1) is 11.3 Å². The first-order valence-corrected chi connectivity index (χ1v) is 7.00. The van der Waals surface area contributed by atoms with Crippen LogP contribution in [0.25, 0.3) is 0 Å². The predicted octanol–water partition coefficient (Wildman–Crippen LogP) is 1.30. The summed E-state index contributed by atoms with van der Waals surface area (Å²) in [6.45, 7) is 0.756. The van der Waals surface area contributed by atoms with Crippen LogP contribution in [0.4, 0.5) is 5.13 Å². The van der Waals surface area contributed by atoms with Crippen LogP contribution >= 0.6 is 11.3 Å². The van der Waals surface area contributed by atoms with E-state index in [0.29, 0.717) is 5.69 Å². The molecule has 0 radical (unpaired) electrons. The van der Waals surface area contributed by atoms with Gasteiger partial charge in [-0.05, 0) is 12.1 Å². The van der Waals surface area contributed by atoms with Crippen molar-refractivity contribution in [3.63, 3.8) is 0 Å². The van der Waals surface area contributed by atoms with Gasteiger partial charge in [0.05, 0.1) is 5.69 Å². The standard InChI is InChI=1S/C13H16N4O2S/c1-17(7-5-9-4-2-3-6-15-9)13-16-10(8-20-13)11(14)12(18)19/h2-4,6,8,11H,5,7,14H2,1H3,(H,18,19). The molecule has 2 heterocycles. The number of nitrogens with two attached hydrogens (primary N) is 1. The van der Waals surface area contributed by atoms with E-state index in [1.807, 2.05) is 30.1 Å². The lowest BCUT2D eigenvalue weighted by molar-refractivity contribution is -0.138. The van der Waals surface area contributed by atoms with Crippen molar-refractivity contribution in [1.29, 1.82) is 0 Å². The number of hydrogen-bond donors (Lipinski definition) is 2. The molecule has 0 spiro atoms. The molecule has 0 bridgehead atoms. The van der Waals surface area contributed by atoms with E-state index in [4.69, 9.17) is 10.8 Å². The highest BCUT2D eigenvalue weighted by atomic mass is 32.1. The van der Waals surface area contributed by atoms with Crippen molar-refractivity contribution >= 4 is 22.4 Å². The van der Waals surface area contributed by atoms with Crippen LogP contribution in [0.5, 0.6) is 0 Å². The van der Waals surface area contributed by atoms with Crippen molar-refractivity contribution in [2.45, 2.75) is 12.5 Å². The molecule has 0 amide bonds. The van der Waals surface area contributed by atoms with Crippen LogP contribution in [-0.2, 0) is 11.2 Å². The van der Waals surface area contributed by atoms with Gasteiger partial charge in [0.2, 0.25) is 0 Å². The van der Waals surface area contributed by atoms with E-state index in [0.717, 1.165) is 23.8 Å². The van der Waals surface area contributed by atoms with Gasteiger partial charge in [0.25, 0.3) is 0 Å². The predicted molar refractivity (Wildman–Crippen MR) is 77.9 cm³/mol. The first-order chi connectivity index (χ1) is 9.58. The molecule has 2 rings (SSSR count). The summed E-state index contributed by atoms with van der Waals surface area (Å²) in [5.74, 6) is -1.07. The number of carboxylic acid groups (broad SMARTS) is 1. The molecule has 3 N–H and O–H groups in total. The van der Waals surface area contributed by atoms with Gasteiger partial charge < -0.3 is 15.7 Å². The van der Waals surface area contributed by atoms with Crippen molar-refractivity contribution in [3.05, 3.63) is 41.2 Å². The minimum absolute atomic E-state index is 0.391. The second kappa shape index (κ2) is 6.44. The van der Waals surface area contributed by atoms with Crippen LogP contribution in [0, 0.1) is 0 Å². The summed E-state index contributed by atoms with van der Waals surface area (Å²) in [4.78, 5) is 21.3. The quantitative estimate of drug-likeness (QED) is 0.833. The Morgan fingerprint density at radius 2 is 2.35 bits per heavy atom. The fourth-order valence-electron chi connectivity index (χ4n) is 1.64. The molecule has 0 saturated heterocycles. The summed E-state index contributed by atoms with van der Waals surface area (Å²) in [6, 6.07) is 4.74. The summed E-state index contributed by atoms with van der Waals surface area (Å²) in [5, 5.41) is 11.3. The van der Waals surface area contributed by atoms with Gasteiger partial charge in [-0.2, -0.15) is 0 Å². The fraction of sp³-hybridized carbons (Fsp3) is 0.308. The van der Waals surface area contributed by atoms with E-state index in [1.54, 1.807) is 11.6 Å². The van der Waals surface area contributed by atoms with E-state index < -0.39 is 12.0 Å². The third-order valence-corrected chi connectivity index (χ3v) is 3.82. The molecule has 1 unspecified atom stereocenters. The van der Waals surface area contributed by atoms with Crippen molar-refractivity contribution < 1.29 is 9.90 Å². The lowest BCUT2D eigenvalue weighted by Gasteiger charge is -2.15. The number of carboxylic acids is 1. The zero-order chi connectivity index (χ0) is 14.5. The lowest BCUT2D eigenvalue weighted by Crippen LogP contribution is -2.23. The highest BCUT2D eigenvalue weighted by molar-refractivity contribution is 7.13. The molecule has 2 aromatic heterocycles. The molecule has 0 aromatic carbocycles. The average Bonchev–Trinajstić information content (AvgIpc) is 2.94. The smallest absolute Gasteiger partial charge is 0.326 e. The Bertz CT molecular complexity index is 573. The number of thiazole rings is 1. The first-order valence-electron chi connectivity index (χ1n) is 6.13. The van der Waals surface area contributed by atoms with Crippen LogP contribution in [0.15, 0.2) is 29.8 Å². The molecule has 0 aliphatic carbocycles. The number of anilines is 1. The zero-order valence-electron chi connectivity index (χ0n) is 11.1. The summed E-state index contributed by atoms with van der Waals surface area (Å²) in [6.07, 6.45) is 2.57. The molecule has 2 aromatic rings. The zero-order valence-corrected chi connectivity index (χ0v) is 11.9. The molecule has 20 heavy (non-hydrogen) atoms. The topological polar surface area (TPSA) is 92.3 Å². The van der Waals surface area contributed by atoms with Gasteiger partial charge in [-0.3, -0.25) is 9.78 Å². The summed E-state index contributed by atoms with van der Waals surface area (Å²) < 4.78 is 0. The van der Waals surface area contributed by atoms with Gasteiger partial charge in [0.15, 0.2) is 5.13 Å². The summed E-state index contributed by atoms with van der Waals surface area (Å²) in [7, 11) is 1.91. The number of aromatic nitrogens is 2. The number of aliphatic carboxylic acids is 1. The SMILES string of the molecule is CN(CCc1ccccn1)c1nc(C(N)C(=O)O)cs1. The average molecular weight is 292 g/mol. The minimum atomic E-state index is -1.07. The van der Waals surface area contributed by atoms with Gasteiger partial charge in [-0.1, -0.05) is 6.07 Å². The largest absolute Gasteiger partial charge is 0.480 e. The van der Waals surface area contributed by atoms with Gasteiger partial charge >= 0.3 is 5.97 Å². The number of nitrogens with zero attached hydrogens (tertiary/aromatic N) is 3. The minimum Gasteiger partial charge on any atom is -0.480 e. The molecular formula is C13H16N4O2S. The maximum atomic E-state index is 10.8. The molecule has 0 saturated carbocycles. The second-order valence-electron chi connectivity index (χ2n) is 4.36. The maximum absolute atomic E-state index is 10.8. The number of hydrogen-bond acceptors (Lipinski definition) is 6. The number of likely N-dealkylation sites (N-methyl/N-ethyl adjacent to an activating group) is 1. The molecular weight excluding hydrogens is 276 g/mol. The number of pyridine rings is 1. The molecule has 0 aliphatic rings. The fourth-order valence-corrected chi connectivity index (χ4v) is 2.50. The third kappa shape index (κ3) is 3.52. The highest BCUT2D eigenvalue weighted by Crippen LogP contribution is 2.22. The molecule has 6 nitrogen and oxygen atoms in total. The molecule has 106 valence electrons. The van der Waals surface area contributed by atoms with Crippen molar-refractivity contribution in [1.82, 2.24) is 9.97 Å². The number of carbonyl (C=O) groups is 1. The molecule has 0 aliphatic heterocycles. The van der Waals surface area contributed by atoms with E-state index >= 15 is 0 Å². The monoisotopic (exact) mass is 292 g/mol. The molecule has 1 atom stereocenters. The summed E-state index contributed by atoms with van der Waals surface area (Å²) in [5.41, 5.74) is 6.94. The highest BCUT2D eigenvalue weighted by Gasteiger charge is 2.18. The van der Waals surface area contributed by atoms with Crippen molar-refractivity contribution in [3.8, 4) is 0 Å². The Balaban J connectivity index is 1.96. The summed E-state index contributed by atoms with van der Waals surface area (Å²) >= 11 is 1.39. The van der Waals surface area contributed by atoms with Crippen molar-refractivity contribution in [2.24, 2.45) is 5.73 Å². The Morgan fingerprint density at radius 1 is 1.55 bits per heavy atom. The van der Waals surface area contributed by atoms with Crippen LogP contribution in [0.2, 0.25) is 0 Å². The Kier molecular flexibility index (Phi) is 4.65. The Hall–Kier alpha value is -1.99. The maximum Gasteiger partial charge on any atom is 0.326 e. The van der Waals surface area contributed by atoms with Crippen LogP contribution in [0.3, 0.4) is 0 Å². The molecule has 0 fully saturated rings. The van der Waals surface area contributed by atoms with Crippen LogP contribution < -0.4 is 10.6 Å². The van der Waals surface area contributed by atoms with Gasteiger partial charge in [0.1, 0.15) is 6.04 Å².